The van der Waals surface area contributed by atoms with Crippen LogP contribution in [0.2, 0.25) is 0 Å². The van der Waals surface area contributed by atoms with Gasteiger partial charge in [-0.15, -0.1) is 0 Å². The van der Waals surface area contributed by atoms with Crippen molar-refractivity contribution in [2.45, 2.75) is 64.7 Å². The summed E-state index contributed by atoms with van der Waals surface area (Å²) in [6.07, 6.45) is 5.75. The lowest BCUT2D eigenvalue weighted by atomic mass is 9.75. The summed E-state index contributed by atoms with van der Waals surface area (Å²) in [6, 6.07) is 7.99. The van der Waals surface area contributed by atoms with Crippen LogP contribution in [0.15, 0.2) is 24.3 Å². The van der Waals surface area contributed by atoms with Crippen molar-refractivity contribution in [1.82, 2.24) is 5.32 Å². The minimum absolute atomic E-state index is 0.111. The number of ether oxygens (including phenoxy) is 2. The van der Waals surface area contributed by atoms with E-state index in [4.69, 9.17) is 9.47 Å². The van der Waals surface area contributed by atoms with E-state index in [0.717, 1.165) is 43.7 Å². The summed E-state index contributed by atoms with van der Waals surface area (Å²) in [5.41, 5.74) is 2.11. The van der Waals surface area contributed by atoms with Crippen molar-refractivity contribution in [1.29, 1.82) is 0 Å². The lowest BCUT2D eigenvalue weighted by molar-refractivity contribution is 0.00652. The molecule has 1 aromatic rings. The van der Waals surface area contributed by atoms with Crippen LogP contribution in [0.3, 0.4) is 0 Å². The van der Waals surface area contributed by atoms with Crippen LogP contribution in [0, 0.1) is 5.41 Å². The molecular weight excluding hydrogens is 316 g/mol. The third-order valence-corrected chi connectivity index (χ3v) is 5.47. The van der Waals surface area contributed by atoms with Crippen molar-refractivity contribution >= 4 is 11.7 Å². The first kappa shape index (κ1) is 18.2. The van der Waals surface area contributed by atoms with Crippen LogP contribution < -0.4 is 10.6 Å². The first-order valence-corrected chi connectivity index (χ1v) is 9.43. The minimum atomic E-state index is -0.111. The van der Waals surface area contributed by atoms with Crippen LogP contribution in [0.5, 0.6) is 0 Å². The van der Waals surface area contributed by atoms with Gasteiger partial charge >= 0.3 is 6.03 Å². The van der Waals surface area contributed by atoms with Gasteiger partial charge in [-0.1, -0.05) is 18.6 Å². The fourth-order valence-corrected chi connectivity index (χ4v) is 4.07. The molecule has 0 radical (unpaired) electrons. The summed E-state index contributed by atoms with van der Waals surface area (Å²) in [5.74, 6) is 0. The quantitative estimate of drug-likeness (QED) is 0.844. The fraction of sp³-hybridized carbons (Fsp3) is 0.650. The Kier molecular flexibility index (Phi) is 5.97. The van der Waals surface area contributed by atoms with E-state index in [1.165, 1.54) is 12.8 Å². The van der Waals surface area contributed by atoms with Gasteiger partial charge < -0.3 is 20.1 Å². The van der Waals surface area contributed by atoms with Crippen LogP contribution in [-0.4, -0.2) is 31.4 Å². The van der Waals surface area contributed by atoms with E-state index in [0.29, 0.717) is 6.61 Å². The molecule has 2 amide bonds. The molecule has 1 spiro atoms. The second-order valence-corrected chi connectivity index (χ2v) is 7.58. The van der Waals surface area contributed by atoms with Crippen molar-refractivity contribution in [3.63, 3.8) is 0 Å². The molecule has 1 aliphatic heterocycles. The molecule has 1 atom stereocenters. The van der Waals surface area contributed by atoms with E-state index in [1.54, 1.807) is 0 Å². The number of hydrogen-bond donors (Lipinski definition) is 2. The number of amides is 2. The van der Waals surface area contributed by atoms with Crippen molar-refractivity contribution in [2.75, 3.05) is 18.5 Å². The molecule has 5 heteroatoms. The van der Waals surface area contributed by atoms with E-state index < -0.39 is 0 Å². The van der Waals surface area contributed by atoms with E-state index in [-0.39, 0.29) is 23.6 Å². The molecule has 2 fully saturated rings. The molecule has 25 heavy (non-hydrogen) atoms. The number of nitrogens with one attached hydrogen (secondary N) is 2. The normalized spacial score (nSPS) is 22.3. The van der Waals surface area contributed by atoms with E-state index in [9.17, 15) is 4.79 Å². The molecular formula is C20H30N2O3. The standard InChI is InChI=1S/C20H30N2O3/c1-15(2)25-14-16-5-3-6-17(13-16)21-19(23)22-18-7-4-8-20(18)9-11-24-12-10-20/h3,5-6,13,15,18H,4,7-12,14H2,1-2H3,(H2,21,22,23)/t18-/m1/s1. The predicted octanol–water partition coefficient (Wildman–Crippen LogP) is 4.08. The molecule has 1 saturated heterocycles. The van der Waals surface area contributed by atoms with Crippen molar-refractivity contribution in [3.8, 4) is 0 Å². The number of anilines is 1. The summed E-state index contributed by atoms with van der Waals surface area (Å²) in [4.78, 5) is 12.5. The number of hydrogen-bond acceptors (Lipinski definition) is 3. The number of benzene rings is 1. The average Bonchev–Trinajstić information content (AvgIpc) is 2.95. The topological polar surface area (TPSA) is 59.6 Å². The fourth-order valence-electron chi connectivity index (χ4n) is 4.07. The molecule has 2 aliphatic rings. The van der Waals surface area contributed by atoms with Gasteiger partial charge in [0.05, 0.1) is 12.7 Å². The summed E-state index contributed by atoms with van der Waals surface area (Å²) >= 11 is 0. The van der Waals surface area contributed by atoms with Gasteiger partial charge in [0.1, 0.15) is 0 Å². The van der Waals surface area contributed by atoms with Gasteiger partial charge in [-0.3, -0.25) is 0 Å². The molecule has 1 aliphatic carbocycles. The van der Waals surface area contributed by atoms with E-state index >= 15 is 0 Å². The molecule has 3 rings (SSSR count). The van der Waals surface area contributed by atoms with Gasteiger partial charge in [0.15, 0.2) is 0 Å². The van der Waals surface area contributed by atoms with Crippen molar-refractivity contribution < 1.29 is 14.3 Å². The van der Waals surface area contributed by atoms with Gasteiger partial charge in [0.25, 0.3) is 0 Å². The SMILES string of the molecule is CC(C)OCc1cccc(NC(=O)N[C@@H]2CCCC23CCOCC3)c1. The maximum absolute atomic E-state index is 12.5. The van der Waals surface area contributed by atoms with Gasteiger partial charge in [0, 0.05) is 24.9 Å². The van der Waals surface area contributed by atoms with Crippen LogP contribution in [0.1, 0.15) is 51.5 Å². The minimum Gasteiger partial charge on any atom is -0.381 e. The Labute approximate surface area is 150 Å². The lowest BCUT2D eigenvalue weighted by Gasteiger charge is -2.39. The van der Waals surface area contributed by atoms with Gasteiger partial charge in [-0.25, -0.2) is 4.79 Å². The zero-order valence-corrected chi connectivity index (χ0v) is 15.3. The largest absolute Gasteiger partial charge is 0.381 e. The highest BCUT2D eigenvalue weighted by Gasteiger charge is 2.44. The van der Waals surface area contributed by atoms with E-state index in [1.807, 2.05) is 38.1 Å². The highest BCUT2D eigenvalue weighted by Crippen LogP contribution is 2.45. The molecule has 1 aromatic carbocycles. The third kappa shape index (κ3) is 4.73. The third-order valence-electron chi connectivity index (χ3n) is 5.47. The Morgan fingerprint density at radius 2 is 2.12 bits per heavy atom. The number of urea groups is 1. The maximum atomic E-state index is 12.5. The number of carbonyl (C=O) groups is 1. The first-order valence-electron chi connectivity index (χ1n) is 9.43. The number of rotatable bonds is 5. The number of carbonyl (C=O) groups excluding carboxylic acids is 1. The van der Waals surface area contributed by atoms with Crippen molar-refractivity contribution in [3.05, 3.63) is 29.8 Å². The predicted molar refractivity (Wildman–Crippen MR) is 98.6 cm³/mol. The van der Waals surface area contributed by atoms with Crippen molar-refractivity contribution in [2.24, 2.45) is 5.41 Å². The Morgan fingerprint density at radius 1 is 1.32 bits per heavy atom. The van der Waals surface area contributed by atoms with Crippen LogP contribution in [0.25, 0.3) is 0 Å². The molecule has 1 heterocycles. The average molecular weight is 346 g/mol. The van der Waals surface area contributed by atoms with Crippen LogP contribution >= 0.6 is 0 Å². The monoisotopic (exact) mass is 346 g/mol. The van der Waals surface area contributed by atoms with Crippen LogP contribution in [0.4, 0.5) is 10.5 Å². The first-order chi connectivity index (χ1) is 12.1. The molecule has 0 unspecified atom stereocenters. The Bertz CT molecular complexity index is 582. The Balaban J connectivity index is 1.56. The van der Waals surface area contributed by atoms with Gasteiger partial charge in [-0.2, -0.15) is 0 Å². The second-order valence-electron chi connectivity index (χ2n) is 7.58. The zero-order chi connectivity index (χ0) is 17.7. The Morgan fingerprint density at radius 3 is 2.88 bits per heavy atom. The summed E-state index contributed by atoms with van der Waals surface area (Å²) in [7, 11) is 0. The molecule has 138 valence electrons. The summed E-state index contributed by atoms with van der Waals surface area (Å²) in [5, 5.41) is 6.20. The lowest BCUT2D eigenvalue weighted by Crippen LogP contribution is -2.48. The second kappa shape index (κ2) is 8.19. The molecule has 0 bridgehead atoms. The summed E-state index contributed by atoms with van der Waals surface area (Å²) < 4.78 is 11.1. The molecule has 5 nitrogen and oxygen atoms in total. The smallest absolute Gasteiger partial charge is 0.319 e. The molecule has 0 aromatic heterocycles. The highest BCUT2D eigenvalue weighted by molar-refractivity contribution is 5.89. The van der Waals surface area contributed by atoms with Crippen LogP contribution in [-0.2, 0) is 16.1 Å². The van der Waals surface area contributed by atoms with Gasteiger partial charge in [-0.05, 0) is 62.6 Å². The highest BCUT2D eigenvalue weighted by atomic mass is 16.5. The van der Waals surface area contributed by atoms with Gasteiger partial charge in [0.2, 0.25) is 0 Å². The molecule has 1 saturated carbocycles. The van der Waals surface area contributed by atoms with E-state index in [2.05, 4.69) is 10.6 Å². The molecule has 2 N–H and O–H groups in total. The zero-order valence-electron chi connectivity index (χ0n) is 15.3. The maximum Gasteiger partial charge on any atom is 0.319 e. The summed E-state index contributed by atoms with van der Waals surface area (Å²) in [6.45, 7) is 6.22. The Hall–Kier alpha value is -1.59.